The van der Waals surface area contributed by atoms with Crippen molar-refractivity contribution in [2.45, 2.75) is 19.8 Å². The molecule has 8 nitrogen and oxygen atoms in total. The van der Waals surface area contributed by atoms with E-state index in [0.29, 0.717) is 12.4 Å². The van der Waals surface area contributed by atoms with Gasteiger partial charge in [0.2, 0.25) is 0 Å². The van der Waals surface area contributed by atoms with Crippen LogP contribution in [0.3, 0.4) is 0 Å². The topological polar surface area (TPSA) is 104 Å². The van der Waals surface area contributed by atoms with Crippen LogP contribution in [0.4, 0.5) is 16.3 Å². The van der Waals surface area contributed by atoms with Gasteiger partial charge in [0.05, 0.1) is 12.8 Å². The molecule has 0 aliphatic heterocycles. The maximum Gasteiger partial charge on any atom is 0.327 e. The first-order valence-electron chi connectivity index (χ1n) is 9.75. The maximum atomic E-state index is 13.0. The molecular formula is C23H26N4O4. The number of nitrogens with zero attached hydrogens (tertiary/aromatic N) is 3. The Labute approximate surface area is 181 Å². The van der Waals surface area contributed by atoms with Crippen LogP contribution in [-0.2, 0) is 6.42 Å². The standard InChI is InChI=1S/C23H25N3O2.HNO2/c1-18-8-6-16-24-22(18)26(20-12-14-21(28-2)15-13-20)23(27)25-17-7-11-19-9-4-3-5-10-19;2-1-3/h3-6,8-10,12-16H,7,11,17H2,1-2H3,(H,25,27);(H,2,3). The van der Waals surface area contributed by atoms with Crippen molar-refractivity contribution in [3.63, 3.8) is 0 Å². The molecule has 0 atom stereocenters. The molecule has 0 aliphatic rings. The number of benzene rings is 2. The number of carbonyl (C=O) groups excluding carboxylic acids is 1. The Morgan fingerprint density at radius 2 is 1.77 bits per heavy atom. The Kier molecular flexibility index (Phi) is 9.48. The van der Waals surface area contributed by atoms with Gasteiger partial charge >= 0.3 is 6.03 Å². The summed E-state index contributed by atoms with van der Waals surface area (Å²) in [5, 5.41) is 10.9. The van der Waals surface area contributed by atoms with Crippen molar-refractivity contribution in [3.05, 3.63) is 89.0 Å². The minimum atomic E-state index is -0.194. The fourth-order valence-corrected chi connectivity index (χ4v) is 2.99. The van der Waals surface area contributed by atoms with Crippen LogP contribution in [0.2, 0.25) is 0 Å². The lowest BCUT2D eigenvalue weighted by atomic mass is 10.1. The first kappa shape index (κ1) is 23.3. The van der Waals surface area contributed by atoms with Crippen molar-refractivity contribution in [2.24, 2.45) is 5.34 Å². The van der Waals surface area contributed by atoms with E-state index >= 15 is 0 Å². The molecular weight excluding hydrogens is 396 g/mol. The molecule has 0 spiro atoms. The number of aryl methyl sites for hydroxylation is 2. The molecule has 0 aliphatic carbocycles. The number of nitrogens with one attached hydrogen (secondary N) is 1. The second-order valence-corrected chi connectivity index (χ2v) is 6.58. The minimum Gasteiger partial charge on any atom is -0.497 e. The van der Waals surface area contributed by atoms with Gasteiger partial charge in [-0.3, -0.25) is 0 Å². The van der Waals surface area contributed by atoms with E-state index in [1.54, 1.807) is 18.2 Å². The first-order valence-corrected chi connectivity index (χ1v) is 9.75. The van der Waals surface area contributed by atoms with E-state index < -0.39 is 0 Å². The third-order valence-corrected chi connectivity index (χ3v) is 4.49. The van der Waals surface area contributed by atoms with Crippen LogP contribution in [0.1, 0.15) is 17.5 Å². The molecule has 0 saturated heterocycles. The summed E-state index contributed by atoms with van der Waals surface area (Å²) in [5.41, 5.74) is 2.94. The highest BCUT2D eigenvalue weighted by atomic mass is 16.6. The van der Waals surface area contributed by atoms with Gasteiger partial charge in [-0.25, -0.2) is 14.7 Å². The zero-order valence-corrected chi connectivity index (χ0v) is 17.6. The third kappa shape index (κ3) is 7.11. The Bertz CT molecular complexity index is 949. The summed E-state index contributed by atoms with van der Waals surface area (Å²) < 4.78 is 5.23. The predicted octanol–water partition coefficient (Wildman–Crippen LogP) is 5.02. The third-order valence-electron chi connectivity index (χ3n) is 4.49. The van der Waals surface area contributed by atoms with E-state index in [1.807, 2.05) is 61.5 Å². The quantitative estimate of drug-likeness (QED) is 0.316. The van der Waals surface area contributed by atoms with Gasteiger partial charge in [0.15, 0.2) is 5.34 Å². The van der Waals surface area contributed by atoms with Crippen LogP contribution < -0.4 is 15.0 Å². The lowest BCUT2D eigenvalue weighted by Crippen LogP contribution is -2.38. The fraction of sp³-hybridized carbons (Fsp3) is 0.217. The molecule has 3 rings (SSSR count). The number of ether oxygens (including phenoxy) is 1. The second-order valence-electron chi connectivity index (χ2n) is 6.58. The van der Waals surface area contributed by atoms with Gasteiger partial charge in [-0.1, -0.05) is 36.4 Å². The Balaban J connectivity index is 0.00000107. The number of aromatic nitrogens is 1. The lowest BCUT2D eigenvalue weighted by Gasteiger charge is -2.24. The average molecular weight is 422 g/mol. The summed E-state index contributed by atoms with van der Waals surface area (Å²) >= 11 is 0. The van der Waals surface area contributed by atoms with Crippen LogP contribution >= 0.6 is 0 Å². The Morgan fingerprint density at radius 1 is 1.10 bits per heavy atom. The largest absolute Gasteiger partial charge is 0.497 e. The Morgan fingerprint density at radius 3 is 2.39 bits per heavy atom. The predicted molar refractivity (Wildman–Crippen MR) is 120 cm³/mol. The summed E-state index contributed by atoms with van der Waals surface area (Å²) in [6.07, 6.45) is 3.49. The molecule has 162 valence electrons. The molecule has 0 unspecified atom stereocenters. The smallest absolute Gasteiger partial charge is 0.327 e. The first-order chi connectivity index (χ1) is 15.1. The van der Waals surface area contributed by atoms with Crippen molar-refractivity contribution < 1.29 is 14.7 Å². The van der Waals surface area contributed by atoms with Crippen LogP contribution in [0, 0.1) is 11.8 Å². The van der Waals surface area contributed by atoms with E-state index in [4.69, 9.17) is 14.9 Å². The van der Waals surface area contributed by atoms with Gasteiger partial charge in [-0.2, -0.15) is 0 Å². The fourth-order valence-electron chi connectivity index (χ4n) is 2.99. The number of rotatable bonds is 7. The summed E-state index contributed by atoms with van der Waals surface area (Å²) in [5.74, 6) is 1.36. The highest BCUT2D eigenvalue weighted by Gasteiger charge is 2.20. The second kappa shape index (κ2) is 12.6. The molecule has 2 aromatic carbocycles. The average Bonchev–Trinajstić information content (AvgIpc) is 2.80. The number of carbonyl (C=O) groups is 1. The molecule has 2 N–H and O–H groups in total. The Hall–Kier alpha value is -3.94. The molecule has 1 heterocycles. The van der Waals surface area contributed by atoms with Gasteiger partial charge in [-0.15, -0.1) is 4.91 Å². The van der Waals surface area contributed by atoms with Crippen LogP contribution in [0.25, 0.3) is 0 Å². The molecule has 0 saturated carbocycles. The van der Waals surface area contributed by atoms with Gasteiger partial charge in [0.1, 0.15) is 11.6 Å². The molecule has 31 heavy (non-hydrogen) atoms. The van der Waals surface area contributed by atoms with Crippen LogP contribution in [-0.4, -0.2) is 29.9 Å². The van der Waals surface area contributed by atoms with Gasteiger partial charge in [0, 0.05) is 12.7 Å². The number of hydrogen-bond acceptors (Lipinski definition) is 5. The van der Waals surface area contributed by atoms with Crippen LogP contribution in [0.5, 0.6) is 5.75 Å². The highest BCUT2D eigenvalue weighted by Crippen LogP contribution is 2.28. The summed E-state index contributed by atoms with van der Waals surface area (Å²) in [4.78, 5) is 27.2. The van der Waals surface area contributed by atoms with Gasteiger partial charge < -0.3 is 15.3 Å². The van der Waals surface area contributed by atoms with Crippen molar-refractivity contribution in [1.82, 2.24) is 10.3 Å². The van der Waals surface area contributed by atoms with E-state index in [2.05, 4.69) is 22.4 Å². The lowest BCUT2D eigenvalue weighted by molar-refractivity contribution is 0.248. The van der Waals surface area contributed by atoms with Crippen LogP contribution in [0.15, 0.2) is 78.3 Å². The summed E-state index contributed by atoms with van der Waals surface area (Å²) in [7, 11) is 1.62. The number of amides is 2. The summed E-state index contributed by atoms with van der Waals surface area (Å²) in [6, 6.07) is 21.3. The zero-order valence-electron chi connectivity index (χ0n) is 17.6. The highest BCUT2D eigenvalue weighted by molar-refractivity contribution is 5.99. The monoisotopic (exact) mass is 422 g/mol. The SMILES string of the molecule is COc1ccc(N(C(=O)NCCCc2ccccc2)c2ncccc2C)cc1.O=NO. The summed E-state index contributed by atoms with van der Waals surface area (Å²) in [6.45, 7) is 2.54. The molecule has 2 amide bonds. The van der Waals surface area contributed by atoms with Crippen molar-refractivity contribution in [3.8, 4) is 5.75 Å². The maximum absolute atomic E-state index is 13.0. The molecule has 1 aromatic heterocycles. The van der Waals surface area contributed by atoms with Crippen molar-refractivity contribution in [2.75, 3.05) is 18.6 Å². The minimum absolute atomic E-state index is 0.194. The van der Waals surface area contributed by atoms with Crippen molar-refractivity contribution in [1.29, 1.82) is 0 Å². The molecule has 0 fully saturated rings. The number of anilines is 2. The van der Waals surface area contributed by atoms with Gasteiger partial charge in [-0.05, 0) is 61.2 Å². The molecule has 3 aromatic rings. The number of pyridine rings is 1. The number of hydrogen-bond donors (Lipinski definition) is 2. The van der Waals surface area contributed by atoms with E-state index in [1.165, 1.54) is 10.9 Å². The zero-order chi connectivity index (χ0) is 22.5. The number of methoxy groups -OCH3 is 1. The molecule has 0 bridgehead atoms. The molecule has 8 heteroatoms. The van der Waals surface area contributed by atoms with E-state index in [0.717, 1.165) is 29.8 Å². The molecule has 0 radical (unpaired) electrons. The van der Waals surface area contributed by atoms with Gasteiger partial charge in [0.25, 0.3) is 0 Å². The van der Waals surface area contributed by atoms with E-state index in [9.17, 15) is 4.79 Å². The van der Waals surface area contributed by atoms with E-state index in [-0.39, 0.29) is 6.03 Å². The van der Waals surface area contributed by atoms with Crippen molar-refractivity contribution >= 4 is 17.5 Å². The normalized spacial score (nSPS) is 9.74. The number of urea groups is 1.